The standard InChI is InChI=1S/C11H21N3O/c1-10(6-7-11(15)12-2)13-8-5-9-14(3)4/h6-7,13H,1,5,8-9H2,2-4H3,(H,12,15)/b7-6+. The zero-order chi connectivity index (χ0) is 11.7. The lowest BCUT2D eigenvalue weighted by molar-refractivity contribution is -0.116. The van der Waals surface area contributed by atoms with E-state index in [-0.39, 0.29) is 5.91 Å². The number of likely N-dealkylation sites (N-methyl/N-ethyl adjacent to an activating group) is 1. The monoisotopic (exact) mass is 211 g/mol. The molecule has 1 amide bonds. The van der Waals surface area contributed by atoms with Gasteiger partial charge in [0.15, 0.2) is 0 Å². The van der Waals surface area contributed by atoms with Gasteiger partial charge in [0.05, 0.1) is 0 Å². The van der Waals surface area contributed by atoms with Gasteiger partial charge in [0.25, 0.3) is 0 Å². The van der Waals surface area contributed by atoms with Crippen molar-refractivity contribution in [3.05, 3.63) is 24.4 Å². The second-order valence-electron chi connectivity index (χ2n) is 3.56. The first kappa shape index (κ1) is 13.7. The third-order valence-electron chi connectivity index (χ3n) is 1.82. The van der Waals surface area contributed by atoms with Crippen molar-refractivity contribution in [3.8, 4) is 0 Å². The molecule has 0 fully saturated rings. The molecule has 0 aliphatic rings. The summed E-state index contributed by atoms with van der Waals surface area (Å²) in [6, 6.07) is 0. The number of nitrogens with one attached hydrogen (secondary N) is 2. The zero-order valence-electron chi connectivity index (χ0n) is 9.84. The Kier molecular flexibility index (Phi) is 7.36. The fraction of sp³-hybridized carbons (Fsp3) is 0.545. The molecule has 0 rings (SSSR count). The molecule has 4 heteroatoms. The summed E-state index contributed by atoms with van der Waals surface area (Å²) >= 11 is 0. The molecular weight excluding hydrogens is 190 g/mol. The highest BCUT2D eigenvalue weighted by molar-refractivity contribution is 5.87. The number of rotatable bonds is 7. The van der Waals surface area contributed by atoms with Crippen molar-refractivity contribution in [2.24, 2.45) is 0 Å². The Hall–Kier alpha value is -1.29. The highest BCUT2D eigenvalue weighted by Crippen LogP contribution is 1.89. The van der Waals surface area contributed by atoms with E-state index < -0.39 is 0 Å². The molecule has 0 aromatic rings. The zero-order valence-corrected chi connectivity index (χ0v) is 9.84. The van der Waals surface area contributed by atoms with Gasteiger partial charge in [0.1, 0.15) is 0 Å². The van der Waals surface area contributed by atoms with E-state index in [1.54, 1.807) is 13.1 Å². The number of carbonyl (C=O) groups is 1. The van der Waals surface area contributed by atoms with Crippen molar-refractivity contribution in [1.29, 1.82) is 0 Å². The normalized spacial score (nSPS) is 10.7. The lowest BCUT2D eigenvalue weighted by atomic mass is 10.3. The molecule has 86 valence electrons. The third kappa shape index (κ3) is 9.02. The predicted octanol–water partition coefficient (Wildman–Crippen LogP) is 0.344. The van der Waals surface area contributed by atoms with E-state index in [2.05, 4.69) is 22.1 Å². The first-order valence-corrected chi connectivity index (χ1v) is 5.03. The minimum atomic E-state index is -0.119. The Labute approximate surface area is 92.0 Å². The van der Waals surface area contributed by atoms with Crippen molar-refractivity contribution >= 4 is 5.91 Å². The van der Waals surface area contributed by atoms with Gasteiger partial charge in [0.2, 0.25) is 5.91 Å². The first-order chi connectivity index (χ1) is 7.06. The molecule has 0 saturated carbocycles. The molecule has 0 atom stereocenters. The summed E-state index contributed by atoms with van der Waals surface area (Å²) in [6.45, 7) is 5.70. The molecule has 0 unspecified atom stereocenters. The van der Waals surface area contributed by atoms with E-state index in [9.17, 15) is 4.79 Å². The minimum absolute atomic E-state index is 0.119. The fourth-order valence-electron chi connectivity index (χ4n) is 0.963. The maximum Gasteiger partial charge on any atom is 0.243 e. The molecule has 0 heterocycles. The summed E-state index contributed by atoms with van der Waals surface area (Å²) in [4.78, 5) is 13.0. The van der Waals surface area contributed by atoms with Gasteiger partial charge in [-0.05, 0) is 33.1 Å². The summed E-state index contributed by atoms with van der Waals surface area (Å²) < 4.78 is 0. The molecule has 0 aromatic carbocycles. The van der Waals surface area contributed by atoms with Gasteiger partial charge >= 0.3 is 0 Å². The quantitative estimate of drug-likeness (QED) is 0.363. The van der Waals surface area contributed by atoms with Crippen LogP contribution in [0.15, 0.2) is 24.4 Å². The van der Waals surface area contributed by atoms with E-state index >= 15 is 0 Å². The molecule has 0 aliphatic carbocycles. The van der Waals surface area contributed by atoms with Gasteiger partial charge in [0, 0.05) is 25.4 Å². The molecule has 0 spiro atoms. The first-order valence-electron chi connectivity index (χ1n) is 5.03. The van der Waals surface area contributed by atoms with Gasteiger partial charge in [-0.25, -0.2) is 0 Å². The van der Waals surface area contributed by atoms with Crippen LogP contribution >= 0.6 is 0 Å². The Morgan fingerprint density at radius 2 is 2.07 bits per heavy atom. The van der Waals surface area contributed by atoms with Crippen LogP contribution in [0.2, 0.25) is 0 Å². The average molecular weight is 211 g/mol. The molecule has 15 heavy (non-hydrogen) atoms. The Morgan fingerprint density at radius 3 is 2.60 bits per heavy atom. The SMILES string of the molecule is C=C(/C=C/C(=O)NC)NCCCN(C)C. The van der Waals surface area contributed by atoms with Crippen LogP contribution in [0.5, 0.6) is 0 Å². The number of amides is 1. The smallest absolute Gasteiger partial charge is 0.243 e. The maximum atomic E-state index is 10.9. The second kappa shape index (κ2) is 8.05. The van der Waals surface area contributed by atoms with Crippen LogP contribution in [0.1, 0.15) is 6.42 Å². The maximum absolute atomic E-state index is 10.9. The van der Waals surface area contributed by atoms with Crippen LogP contribution in [0.4, 0.5) is 0 Å². The highest BCUT2D eigenvalue weighted by atomic mass is 16.1. The van der Waals surface area contributed by atoms with Crippen molar-refractivity contribution < 1.29 is 4.79 Å². The van der Waals surface area contributed by atoms with E-state index in [0.29, 0.717) is 0 Å². The number of hydrogen-bond donors (Lipinski definition) is 2. The van der Waals surface area contributed by atoms with Gasteiger partial charge < -0.3 is 15.5 Å². The van der Waals surface area contributed by atoms with Crippen LogP contribution in [0, 0.1) is 0 Å². The van der Waals surface area contributed by atoms with Crippen molar-refractivity contribution in [2.45, 2.75) is 6.42 Å². The molecule has 2 N–H and O–H groups in total. The van der Waals surface area contributed by atoms with Crippen molar-refractivity contribution in [3.63, 3.8) is 0 Å². The molecule has 4 nitrogen and oxygen atoms in total. The Morgan fingerprint density at radius 1 is 1.40 bits per heavy atom. The van der Waals surface area contributed by atoms with Gasteiger partial charge in [-0.3, -0.25) is 4.79 Å². The van der Waals surface area contributed by atoms with Crippen LogP contribution in [-0.4, -0.2) is 45.0 Å². The third-order valence-corrected chi connectivity index (χ3v) is 1.82. The Balaban J connectivity index is 3.58. The summed E-state index contributed by atoms with van der Waals surface area (Å²) in [7, 11) is 5.68. The van der Waals surface area contributed by atoms with Gasteiger partial charge in [-0.2, -0.15) is 0 Å². The molecular formula is C11H21N3O. The Bertz CT molecular complexity index is 234. The fourth-order valence-corrected chi connectivity index (χ4v) is 0.963. The number of nitrogens with zero attached hydrogens (tertiary/aromatic N) is 1. The number of hydrogen-bond acceptors (Lipinski definition) is 3. The average Bonchev–Trinajstić information content (AvgIpc) is 2.20. The van der Waals surface area contributed by atoms with Gasteiger partial charge in [-0.15, -0.1) is 0 Å². The molecule has 0 aromatic heterocycles. The molecule has 0 saturated heterocycles. The minimum Gasteiger partial charge on any atom is -0.385 e. The number of carbonyl (C=O) groups excluding carboxylic acids is 1. The van der Waals surface area contributed by atoms with Crippen molar-refractivity contribution in [2.75, 3.05) is 34.2 Å². The molecule has 0 radical (unpaired) electrons. The number of allylic oxidation sites excluding steroid dienone is 1. The topological polar surface area (TPSA) is 44.4 Å². The highest BCUT2D eigenvalue weighted by Gasteiger charge is 1.92. The van der Waals surface area contributed by atoms with E-state index in [1.807, 2.05) is 14.1 Å². The van der Waals surface area contributed by atoms with Crippen LogP contribution in [0.25, 0.3) is 0 Å². The largest absolute Gasteiger partial charge is 0.385 e. The predicted molar refractivity (Wildman–Crippen MR) is 63.5 cm³/mol. The lowest BCUT2D eigenvalue weighted by Gasteiger charge is -2.10. The van der Waals surface area contributed by atoms with Crippen molar-refractivity contribution in [1.82, 2.24) is 15.5 Å². The molecule has 0 aliphatic heterocycles. The van der Waals surface area contributed by atoms with Crippen LogP contribution in [0.3, 0.4) is 0 Å². The van der Waals surface area contributed by atoms with Gasteiger partial charge in [-0.1, -0.05) is 6.58 Å². The van der Waals surface area contributed by atoms with Crippen LogP contribution in [-0.2, 0) is 4.79 Å². The molecule has 0 bridgehead atoms. The summed E-state index contributed by atoms with van der Waals surface area (Å²) in [5, 5.41) is 5.63. The second-order valence-corrected chi connectivity index (χ2v) is 3.56. The van der Waals surface area contributed by atoms with E-state index in [0.717, 1.165) is 25.2 Å². The lowest BCUT2D eigenvalue weighted by Crippen LogP contribution is -2.20. The van der Waals surface area contributed by atoms with Crippen LogP contribution < -0.4 is 10.6 Å². The summed E-state index contributed by atoms with van der Waals surface area (Å²) in [5.41, 5.74) is 0.761. The summed E-state index contributed by atoms with van der Waals surface area (Å²) in [5.74, 6) is -0.119. The summed E-state index contributed by atoms with van der Waals surface area (Å²) in [6.07, 6.45) is 4.19. The van der Waals surface area contributed by atoms with E-state index in [1.165, 1.54) is 6.08 Å². The van der Waals surface area contributed by atoms with E-state index in [4.69, 9.17) is 0 Å².